The van der Waals surface area contributed by atoms with Gasteiger partial charge in [0, 0.05) is 24.9 Å². The number of carboxylic acid groups (broad SMARTS) is 1. The molecule has 0 spiro atoms. The molecule has 29 heavy (non-hydrogen) atoms. The molecule has 0 bridgehead atoms. The lowest BCUT2D eigenvalue weighted by Gasteiger charge is -2.10. The van der Waals surface area contributed by atoms with Crippen molar-refractivity contribution >= 4 is 23.3 Å². The number of anilines is 1. The molecule has 0 radical (unpaired) electrons. The van der Waals surface area contributed by atoms with Crippen LogP contribution >= 0.6 is 0 Å². The number of aromatic carboxylic acids is 1. The van der Waals surface area contributed by atoms with E-state index in [0.29, 0.717) is 24.1 Å². The summed E-state index contributed by atoms with van der Waals surface area (Å²) in [7, 11) is 0. The molecule has 1 aromatic rings. The topological polar surface area (TPSA) is 83.5 Å². The molecule has 0 fully saturated rings. The Labute approximate surface area is 175 Å². The van der Waals surface area contributed by atoms with Gasteiger partial charge in [-0.25, -0.2) is 4.79 Å². The second kappa shape index (κ2) is 14.8. The molecule has 162 valence electrons. The summed E-state index contributed by atoms with van der Waals surface area (Å²) in [4.78, 5) is 35.8. The molecule has 0 heterocycles. The van der Waals surface area contributed by atoms with E-state index in [-0.39, 0.29) is 23.7 Å². The van der Waals surface area contributed by atoms with Crippen LogP contribution in [0.25, 0.3) is 0 Å². The highest BCUT2D eigenvalue weighted by molar-refractivity contribution is 5.94. The second-order valence-corrected chi connectivity index (χ2v) is 7.82. The van der Waals surface area contributed by atoms with Crippen LogP contribution in [0.1, 0.15) is 107 Å². The minimum absolute atomic E-state index is 0.0940. The van der Waals surface area contributed by atoms with E-state index in [2.05, 4.69) is 19.2 Å². The molecule has 0 aliphatic heterocycles. The zero-order valence-electron chi connectivity index (χ0n) is 18.1. The third kappa shape index (κ3) is 11.4. The van der Waals surface area contributed by atoms with Crippen molar-refractivity contribution in [3.63, 3.8) is 0 Å². The fraction of sp³-hybridized carbons (Fsp3) is 0.625. The van der Waals surface area contributed by atoms with Gasteiger partial charge in [-0.15, -0.1) is 0 Å². The summed E-state index contributed by atoms with van der Waals surface area (Å²) in [6, 6.07) is 4.70. The van der Waals surface area contributed by atoms with E-state index < -0.39 is 5.97 Å². The molecular formula is C24H37NO4. The number of carbonyl (C=O) groups excluding carboxylic acids is 2. The lowest BCUT2D eigenvalue weighted by atomic mass is 10.0. The second-order valence-electron chi connectivity index (χ2n) is 7.82. The lowest BCUT2D eigenvalue weighted by Crippen LogP contribution is -2.13. The van der Waals surface area contributed by atoms with Crippen molar-refractivity contribution in [3.8, 4) is 0 Å². The summed E-state index contributed by atoms with van der Waals surface area (Å²) in [6.07, 6.45) is 11.9. The van der Waals surface area contributed by atoms with E-state index in [1.165, 1.54) is 31.4 Å². The summed E-state index contributed by atoms with van der Waals surface area (Å²) in [5.41, 5.74) is 1.19. The maximum atomic E-state index is 12.3. The van der Waals surface area contributed by atoms with Crippen LogP contribution in [0.5, 0.6) is 0 Å². The Morgan fingerprint density at radius 2 is 1.38 bits per heavy atom. The predicted octanol–water partition coefficient (Wildman–Crippen LogP) is 6.16. The number of nitrogens with one attached hydrogen (secondary N) is 1. The van der Waals surface area contributed by atoms with E-state index in [1.807, 2.05) is 0 Å². The van der Waals surface area contributed by atoms with Crippen molar-refractivity contribution in [1.29, 1.82) is 0 Å². The molecule has 1 rings (SSSR count). The fourth-order valence-electron chi connectivity index (χ4n) is 3.34. The van der Waals surface area contributed by atoms with Crippen molar-refractivity contribution in [1.82, 2.24) is 0 Å². The average molecular weight is 404 g/mol. The zero-order chi connectivity index (χ0) is 21.5. The minimum atomic E-state index is -1.06. The van der Waals surface area contributed by atoms with Crippen LogP contribution in [-0.4, -0.2) is 22.8 Å². The number of Topliss-reactive ketones (excluding diaryl/α,β-unsaturated/α-hetero) is 1. The first-order valence-electron chi connectivity index (χ1n) is 11.1. The van der Waals surface area contributed by atoms with Gasteiger partial charge in [-0.3, -0.25) is 9.59 Å². The number of benzene rings is 1. The summed E-state index contributed by atoms with van der Waals surface area (Å²) in [6.45, 7) is 4.31. The highest BCUT2D eigenvalue weighted by Crippen LogP contribution is 2.18. The van der Waals surface area contributed by atoms with Crippen molar-refractivity contribution in [2.75, 3.05) is 5.32 Å². The third-order valence-electron chi connectivity index (χ3n) is 4.99. The minimum Gasteiger partial charge on any atom is -0.478 e. The number of hydrogen-bond donors (Lipinski definition) is 2. The van der Waals surface area contributed by atoms with Gasteiger partial charge in [0.05, 0.1) is 5.56 Å². The molecule has 0 saturated heterocycles. The highest BCUT2D eigenvalue weighted by Gasteiger charge is 2.12. The van der Waals surface area contributed by atoms with Crippen molar-refractivity contribution < 1.29 is 19.5 Å². The first-order valence-corrected chi connectivity index (χ1v) is 11.1. The van der Waals surface area contributed by atoms with Gasteiger partial charge in [0.25, 0.3) is 0 Å². The van der Waals surface area contributed by atoms with Crippen LogP contribution in [0.2, 0.25) is 0 Å². The number of ketones is 1. The zero-order valence-corrected chi connectivity index (χ0v) is 18.1. The largest absolute Gasteiger partial charge is 0.478 e. The summed E-state index contributed by atoms with van der Waals surface area (Å²) < 4.78 is 0. The number of rotatable bonds is 16. The van der Waals surface area contributed by atoms with E-state index >= 15 is 0 Å². The summed E-state index contributed by atoms with van der Waals surface area (Å²) in [5, 5.41) is 12.1. The number of unbranched alkanes of at least 4 members (excludes halogenated alkanes) is 8. The Kier molecular flexibility index (Phi) is 12.7. The number of amides is 1. The standard InChI is InChI=1S/C24H37NO4/c1-3-5-7-9-11-13-22(26)17-19-15-20(24(28)29)18-21(16-19)25-23(27)14-12-10-8-6-4-2/h15-16,18H,3-14,17H2,1-2H3,(H,25,27)(H,28,29). The van der Waals surface area contributed by atoms with Gasteiger partial charge in [-0.05, 0) is 36.6 Å². The van der Waals surface area contributed by atoms with Gasteiger partial charge < -0.3 is 10.4 Å². The molecule has 0 aliphatic carbocycles. The third-order valence-corrected chi connectivity index (χ3v) is 4.99. The molecule has 0 unspecified atom stereocenters. The van der Waals surface area contributed by atoms with Crippen molar-refractivity contribution in [3.05, 3.63) is 29.3 Å². The first-order chi connectivity index (χ1) is 14.0. The molecular weight excluding hydrogens is 366 g/mol. The highest BCUT2D eigenvalue weighted by atomic mass is 16.4. The normalized spacial score (nSPS) is 10.7. The van der Waals surface area contributed by atoms with Crippen LogP contribution in [0.3, 0.4) is 0 Å². The van der Waals surface area contributed by atoms with Gasteiger partial charge >= 0.3 is 5.97 Å². The van der Waals surface area contributed by atoms with Crippen LogP contribution in [0.15, 0.2) is 18.2 Å². The van der Waals surface area contributed by atoms with Crippen molar-refractivity contribution in [2.24, 2.45) is 0 Å². The molecule has 1 aromatic carbocycles. The van der Waals surface area contributed by atoms with Crippen LogP contribution in [-0.2, 0) is 16.0 Å². The molecule has 5 nitrogen and oxygen atoms in total. The monoisotopic (exact) mass is 403 g/mol. The fourth-order valence-corrected chi connectivity index (χ4v) is 3.34. The molecule has 0 atom stereocenters. The summed E-state index contributed by atoms with van der Waals surface area (Å²) in [5.74, 6) is -1.07. The van der Waals surface area contributed by atoms with E-state index in [0.717, 1.165) is 44.9 Å². The van der Waals surface area contributed by atoms with E-state index in [9.17, 15) is 19.5 Å². The Morgan fingerprint density at radius 1 is 0.793 bits per heavy atom. The molecule has 5 heteroatoms. The maximum absolute atomic E-state index is 12.3. The first kappa shape index (κ1) is 24.9. The van der Waals surface area contributed by atoms with Gasteiger partial charge in [0.15, 0.2) is 0 Å². The van der Waals surface area contributed by atoms with Gasteiger partial charge in [-0.1, -0.05) is 65.2 Å². The Morgan fingerprint density at radius 3 is 1.97 bits per heavy atom. The SMILES string of the molecule is CCCCCCCC(=O)Cc1cc(NC(=O)CCCCCCC)cc(C(=O)O)c1. The molecule has 0 aliphatic rings. The van der Waals surface area contributed by atoms with E-state index in [1.54, 1.807) is 6.07 Å². The van der Waals surface area contributed by atoms with Crippen LogP contribution in [0.4, 0.5) is 5.69 Å². The average Bonchev–Trinajstić information content (AvgIpc) is 2.67. The Hall–Kier alpha value is -2.17. The Balaban J connectivity index is 2.61. The quantitative estimate of drug-likeness (QED) is 0.324. The van der Waals surface area contributed by atoms with Gasteiger partial charge in [0.2, 0.25) is 5.91 Å². The number of carboxylic acids is 1. The van der Waals surface area contributed by atoms with Gasteiger partial charge in [0.1, 0.15) is 5.78 Å². The lowest BCUT2D eigenvalue weighted by molar-refractivity contribution is -0.118. The molecule has 0 aromatic heterocycles. The Bertz CT molecular complexity index is 608. The van der Waals surface area contributed by atoms with Crippen molar-refractivity contribution in [2.45, 2.75) is 97.3 Å². The summed E-state index contributed by atoms with van der Waals surface area (Å²) >= 11 is 0. The van der Waals surface area contributed by atoms with Crippen LogP contribution < -0.4 is 5.32 Å². The molecule has 0 saturated carbocycles. The predicted molar refractivity (Wildman–Crippen MR) is 117 cm³/mol. The maximum Gasteiger partial charge on any atom is 0.335 e. The molecule has 1 amide bonds. The van der Waals surface area contributed by atoms with Crippen LogP contribution in [0, 0.1) is 0 Å². The number of hydrogen-bond acceptors (Lipinski definition) is 3. The molecule has 2 N–H and O–H groups in total. The smallest absolute Gasteiger partial charge is 0.335 e. The van der Waals surface area contributed by atoms with Gasteiger partial charge in [-0.2, -0.15) is 0 Å². The van der Waals surface area contributed by atoms with E-state index in [4.69, 9.17) is 0 Å². The number of carbonyl (C=O) groups is 3.